The van der Waals surface area contributed by atoms with Crippen LogP contribution in [-0.4, -0.2) is 55.6 Å². The second kappa shape index (κ2) is 8.34. The van der Waals surface area contributed by atoms with Crippen LogP contribution in [0.15, 0.2) is 24.3 Å². The van der Waals surface area contributed by atoms with E-state index in [1.54, 1.807) is 4.90 Å². The predicted molar refractivity (Wildman–Crippen MR) is 97.7 cm³/mol. The lowest BCUT2D eigenvalue weighted by molar-refractivity contribution is -0.145. The van der Waals surface area contributed by atoms with Gasteiger partial charge >= 0.3 is 11.8 Å². The van der Waals surface area contributed by atoms with Crippen LogP contribution >= 0.6 is 0 Å². The van der Waals surface area contributed by atoms with Crippen LogP contribution in [0, 0.1) is 0 Å². The molecule has 1 atom stereocenters. The van der Waals surface area contributed by atoms with Crippen LogP contribution in [0.4, 0.5) is 11.4 Å². The standard InChI is InChI=1S/C19H27N3O3/c1-2-15-7-5-6-10-22(15)19(24)18(23)20-16-8-3-4-9-17(16)21-11-13-25-14-12-21/h3-4,8-9,15H,2,5-7,10-14H2,1H3,(H,20,23). The molecule has 2 aliphatic rings. The number of para-hydroxylation sites is 2. The first-order chi connectivity index (χ1) is 12.2. The predicted octanol–water partition coefficient (Wildman–Crippen LogP) is 2.25. The van der Waals surface area contributed by atoms with Gasteiger partial charge in [-0.2, -0.15) is 0 Å². The number of carbonyl (C=O) groups excluding carboxylic acids is 2. The van der Waals surface area contributed by atoms with Crippen molar-refractivity contribution in [2.75, 3.05) is 43.1 Å². The molecule has 0 bridgehead atoms. The molecule has 2 aliphatic heterocycles. The molecule has 0 saturated carbocycles. The molecule has 2 saturated heterocycles. The highest BCUT2D eigenvalue weighted by molar-refractivity contribution is 6.39. The molecule has 2 amide bonds. The lowest BCUT2D eigenvalue weighted by Crippen LogP contribution is -2.48. The maximum Gasteiger partial charge on any atom is 0.313 e. The van der Waals surface area contributed by atoms with Crippen LogP contribution < -0.4 is 10.2 Å². The van der Waals surface area contributed by atoms with E-state index in [-0.39, 0.29) is 6.04 Å². The fraction of sp³-hybridized carbons (Fsp3) is 0.579. The van der Waals surface area contributed by atoms with Gasteiger partial charge in [0.25, 0.3) is 0 Å². The van der Waals surface area contributed by atoms with E-state index in [1.807, 2.05) is 24.3 Å². The summed E-state index contributed by atoms with van der Waals surface area (Å²) in [4.78, 5) is 29.1. The Morgan fingerprint density at radius 1 is 1.16 bits per heavy atom. The first-order valence-corrected chi connectivity index (χ1v) is 9.24. The molecule has 3 rings (SSSR count). The smallest absolute Gasteiger partial charge is 0.313 e. The minimum Gasteiger partial charge on any atom is -0.378 e. The van der Waals surface area contributed by atoms with Crippen molar-refractivity contribution >= 4 is 23.2 Å². The maximum atomic E-state index is 12.6. The van der Waals surface area contributed by atoms with E-state index < -0.39 is 11.8 Å². The second-order valence-electron chi connectivity index (χ2n) is 6.63. The van der Waals surface area contributed by atoms with E-state index in [0.29, 0.717) is 25.4 Å². The molecule has 0 spiro atoms. The molecule has 1 aromatic rings. The van der Waals surface area contributed by atoms with Gasteiger partial charge in [0.2, 0.25) is 0 Å². The number of nitrogens with one attached hydrogen (secondary N) is 1. The average Bonchev–Trinajstić information content (AvgIpc) is 2.68. The van der Waals surface area contributed by atoms with Crippen LogP contribution in [0.5, 0.6) is 0 Å². The molecule has 136 valence electrons. The highest BCUT2D eigenvalue weighted by Crippen LogP contribution is 2.27. The van der Waals surface area contributed by atoms with Crippen molar-refractivity contribution in [1.29, 1.82) is 0 Å². The van der Waals surface area contributed by atoms with Crippen molar-refractivity contribution in [3.8, 4) is 0 Å². The van der Waals surface area contributed by atoms with Gasteiger partial charge in [-0.3, -0.25) is 9.59 Å². The molecule has 0 aliphatic carbocycles. The average molecular weight is 345 g/mol. The van der Waals surface area contributed by atoms with Gasteiger partial charge < -0.3 is 19.9 Å². The monoisotopic (exact) mass is 345 g/mol. The Labute approximate surface area is 149 Å². The third-order valence-electron chi connectivity index (χ3n) is 5.06. The first-order valence-electron chi connectivity index (χ1n) is 9.24. The topological polar surface area (TPSA) is 61.9 Å². The number of hydrogen-bond donors (Lipinski definition) is 1. The summed E-state index contributed by atoms with van der Waals surface area (Å²) in [6.45, 7) is 5.66. The highest BCUT2D eigenvalue weighted by atomic mass is 16.5. The quantitative estimate of drug-likeness (QED) is 0.854. The molecule has 1 N–H and O–H groups in total. The third-order valence-corrected chi connectivity index (χ3v) is 5.06. The van der Waals surface area contributed by atoms with Crippen molar-refractivity contribution in [1.82, 2.24) is 4.90 Å². The van der Waals surface area contributed by atoms with Gasteiger partial charge in [-0.05, 0) is 37.8 Å². The molecular weight excluding hydrogens is 318 g/mol. The summed E-state index contributed by atoms with van der Waals surface area (Å²) in [5.74, 6) is -0.954. The fourth-order valence-electron chi connectivity index (χ4n) is 3.66. The molecule has 6 nitrogen and oxygen atoms in total. The summed E-state index contributed by atoms with van der Waals surface area (Å²) < 4.78 is 5.39. The first kappa shape index (κ1) is 17.7. The van der Waals surface area contributed by atoms with Crippen molar-refractivity contribution in [3.05, 3.63) is 24.3 Å². The molecular formula is C19H27N3O3. The number of amides is 2. The van der Waals surface area contributed by atoms with E-state index in [0.717, 1.165) is 44.5 Å². The summed E-state index contributed by atoms with van der Waals surface area (Å²) in [5, 5.41) is 2.84. The highest BCUT2D eigenvalue weighted by Gasteiger charge is 2.30. The van der Waals surface area contributed by atoms with Gasteiger partial charge in [-0.25, -0.2) is 0 Å². The Bertz CT molecular complexity index is 614. The number of benzene rings is 1. The normalized spacial score (nSPS) is 21.1. The summed E-state index contributed by atoms with van der Waals surface area (Å²) >= 11 is 0. The zero-order valence-corrected chi connectivity index (χ0v) is 14.9. The van der Waals surface area contributed by atoms with Gasteiger partial charge in [0.05, 0.1) is 24.6 Å². The van der Waals surface area contributed by atoms with Crippen LogP contribution in [0.3, 0.4) is 0 Å². The zero-order valence-electron chi connectivity index (χ0n) is 14.9. The van der Waals surface area contributed by atoms with Crippen LogP contribution in [0.1, 0.15) is 32.6 Å². The van der Waals surface area contributed by atoms with Crippen molar-refractivity contribution in [2.24, 2.45) is 0 Å². The Balaban J connectivity index is 1.71. The van der Waals surface area contributed by atoms with Crippen LogP contribution in [-0.2, 0) is 14.3 Å². The van der Waals surface area contributed by atoms with E-state index in [1.165, 1.54) is 0 Å². The van der Waals surface area contributed by atoms with Gasteiger partial charge in [0.1, 0.15) is 0 Å². The van der Waals surface area contributed by atoms with Gasteiger partial charge in [-0.1, -0.05) is 19.1 Å². The number of hydrogen-bond acceptors (Lipinski definition) is 4. The number of carbonyl (C=O) groups is 2. The second-order valence-corrected chi connectivity index (χ2v) is 6.63. The molecule has 2 fully saturated rings. The van der Waals surface area contributed by atoms with E-state index >= 15 is 0 Å². The van der Waals surface area contributed by atoms with E-state index in [2.05, 4.69) is 17.1 Å². The number of piperidine rings is 1. The minimum atomic E-state index is -0.541. The fourth-order valence-corrected chi connectivity index (χ4v) is 3.66. The molecule has 1 aromatic carbocycles. The third kappa shape index (κ3) is 4.12. The summed E-state index contributed by atoms with van der Waals surface area (Å²) in [6, 6.07) is 7.83. The lowest BCUT2D eigenvalue weighted by atomic mass is 10.00. The minimum absolute atomic E-state index is 0.182. The summed E-state index contributed by atoms with van der Waals surface area (Å²) in [7, 11) is 0. The summed E-state index contributed by atoms with van der Waals surface area (Å²) in [5.41, 5.74) is 1.63. The Hall–Kier alpha value is -2.08. The Morgan fingerprint density at radius 2 is 1.92 bits per heavy atom. The van der Waals surface area contributed by atoms with Crippen molar-refractivity contribution in [3.63, 3.8) is 0 Å². The lowest BCUT2D eigenvalue weighted by Gasteiger charge is -2.35. The SMILES string of the molecule is CCC1CCCCN1C(=O)C(=O)Nc1ccccc1N1CCOCC1. The van der Waals surface area contributed by atoms with E-state index in [9.17, 15) is 9.59 Å². The molecule has 2 heterocycles. The zero-order chi connectivity index (χ0) is 17.6. The van der Waals surface area contributed by atoms with Gasteiger partial charge in [0, 0.05) is 25.7 Å². The van der Waals surface area contributed by atoms with Crippen LogP contribution in [0.25, 0.3) is 0 Å². The number of likely N-dealkylation sites (tertiary alicyclic amines) is 1. The van der Waals surface area contributed by atoms with Crippen LogP contribution in [0.2, 0.25) is 0 Å². The maximum absolute atomic E-state index is 12.6. The Morgan fingerprint density at radius 3 is 2.68 bits per heavy atom. The molecule has 25 heavy (non-hydrogen) atoms. The number of nitrogens with zero attached hydrogens (tertiary/aromatic N) is 2. The van der Waals surface area contributed by atoms with Gasteiger partial charge in [-0.15, -0.1) is 0 Å². The number of morpholine rings is 1. The molecule has 1 unspecified atom stereocenters. The largest absolute Gasteiger partial charge is 0.378 e. The van der Waals surface area contributed by atoms with Gasteiger partial charge in [0.15, 0.2) is 0 Å². The number of ether oxygens (including phenoxy) is 1. The summed E-state index contributed by atoms with van der Waals surface area (Å²) in [6.07, 6.45) is 3.98. The number of anilines is 2. The molecule has 0 aromatic heterocycles. The van der Waals surface area contributed by atoms with Crippen molar-refractivity contribution < 1.29 is 14.3 Å². The van der Waals surface area contributed by atoms with E-state index in [4.69, 9.17) is 4.74 Å². The molecule has 0 radical (unpaired) electrons. The number of rotatable bonds is 3. The van der Waals surface area contributed by atoms with Crippen molar-refractivity contribution in [2.45, 2.75) is 38.6 Å². The molecule has 6 heteroatoms. The Kier molecular flexibility index (Phi) is 5.91.